The minimum absolute atomic E-state index is 0.157. The van der Waals surface area contributed by atoms with Gasteiger partial charge in [-0.3, -0.25) is 20.4 Å². The largest absolute Gasteiger partial charge is 0.483 e. The van der Waals surface area contributed by atoms with Gasteiger partial charge in [-0.1, -0.05) is 24.3 Å². The van der Waals surface area contributed by atoms with Gasteiger partial charge in [0.25, 0.3) is 11.8 Å². The van der Waals surface area contributed by atoms with Gasteiger partial charge in [0.05, 0.1) is 0 Å². The Morgan fingerprint density at radius 1 is 0.962 bits per heavy atom. The second kappa shape index (κ2) is 8.04. The van der Waals surface area contributed by atoms with Gasteiger partial charge in [-0.2, -0.15) is 0 Å². The quantitative estimate of drug-likeness (QED) is 0.831. The molecule has 2 N–H and O–H groups in total. The van der Waals surface area contributed by atoms with Crippen LogP contribution in [0.4, 0.5) is 0 Å². The van der Waals surface area contributed by atoms with Crippen LogP contribution in [0.2, 0.25) is 0 Å². The summed E-state index contributed by atoms with van der Waals surface area (Å²) in [6.07, 6.45) is 4.44. The van der Waals surface area contributed by atoms with Gasteiger partial charge in [0.2, 0.25) is 0 Å². The monoisotopic (exact) mass is 352 g/mol. The molecule has 0 fully saturated rings. The highest BCUT2D eigenvalue weighted by atomic mass is 16.5. The molecule has 1 aliphatic rings. The summed E-state index contributed by atoms with van der Waals surface area (Å²) in [5, 5.41) is 0. The lowest BCUT2D eigenvalue weighted by molar-refractivity contribution is -0.123. The fourth-order valence-corrected chi connectivity index (χ4v) is 3.27. The average molecular weight is 352 g/mol. The van der Waals surface area contributed by atoms with E-state index < -0.39 is 5.91 Å². The second-order valence-electron chi connectivity index (χ2n) is 6.70. The number of carbonyl (C=O) groups is 2. The summed E-state index contributed by atoms with van der Waals surface area (Å²) in [4.78, 5) is 24.2. The normalized spacial score (nSPS) is 12.8. The molecule has 2 amide bonds. The molecule has 5 heteroatoms. The van der Waals surface area contributed by atoms with E-state index in [1.165, 1.54) is 17.5 Å². The van der Waals surface area contributed by atoms with Crippen molar-refractivity contribution in [3.05, 3.63) is 64.2 Å². The number of carbonyl (C=O) groups excluding carboxylic acids is 2. The number of aryl methyl sites for hydroxylation is 4. The Balaban J connectivity index is 1.52. The Morgan fingerprint density at radius 2 is 1.65 bits per heavy atom. The van der Waals surface area contributed by atoms with Crippen molar-refractivity contribution in [2.45, 2.75) is 39.5 Å². The van der Waals surface area contributed by atoms with Gasteiger partial charge in [0.1, 0.15) is 5.75 Å². The zero-order valence-electron chi connectivity index (χ0n) is 15.2. The molecule has 2 aromatic rings. The van der Waals surface area contributed by atoms with Crippen molar-refractivity contribution >= 4 is 11.8 Å². The van der Waals surface area contributed by atoms with Gasteiger partial charge >= 0.3 is 0 Å². The number of hydrogen-bond acceptors (Lipinski definition) is 3. The van der Waals surface area contributed by atoms with Crippen LogP contribution in [-0.2, 0) is 17.6 Å². The van der Waals surface area contributed by atoms with Crippen molar-refractivity contribution < 1.29 is 14.3 Å². The second-order valence-corrected chi connectivity index (χ2v) is 6.70. The van der Waals surface area contributed by atoms with Gasteiger partial charge in [-0.15, -0.1) is 0 Å². The maximum atomic E-state index is 12.3. The van der Waals surface area contributed by atoms with E-state index in [0.717, 1.165) is 30.4 Å². The van der Waals surface area contributed by atoms with Gasteiger partial charge < -0.3 is 4.74 Å². The molecule has 0 saturated carbocycles. The minimum atomic E-state index is -0.404. The van der Waals surface area contributed by atoms with Gasteiger partial charge in [0, 0.05) is 5.56 Å². The first-order valence-corrected chi connectivity index (χ1v) is 8.94. The molecule has 0 aromatic heterocycles. The molecule has 5 nitrogen and oxygen atoms in total. The lowest BCUT2D eigenvalue weighted by atomic mass is 9.90. The first-order chi connectivity index (χ1) is 12.5. The number of ether oxygens (including phenoxy) is 1. The molecule has 2 aromatic carbocycles. The van der Waals surface area contributed by atoms with E-state index in [2.05, 4.69) is 10.9 Å². The molecule has 136 valence electrons. The molecular weight excluding hydrogens is 328 g/mol. The van der Waals surface area contributed by atoms with E-state index >= 15 is 0 Å². The van der Waals surface area contributed by atoms with Crippen LogP contribution >= 0.6 is 0 Å². The summed E-state index contributed by atoms with van der Waals surface area (Å²) >= 11 is 0. The zero-order chi connectivity index (χ0) is 18.5. The number of hydrogen-bond donors (Lipinski definition) is 2. The molecule has 26 heavy (non-hydrogen) atoms. The van der Waals surface area contributed by atoms with E-state index in [1.807, 2.05) is 44.2 Å². The van der Waals surface area contributed by atoms with Crippen LogP contribution in [0.5, 0.6) is 5.75 Å². The van der Waals surface area contributed by atoms with Gasteiger partial charge in [-0.05, 0) is 73.9 Å². The third kappa shape index (κ3) is 4.23. The Labute approximate surface area is 153 Å². The fraction of sp³-hybridized carbons (Fsp3) is 0.333. The van der Waals surface area contributed by atoms with Crippen LogP contribution in [0.1, 0.15) is 45.5 Å². The first kappa shape index (κ1) is 18.0. The predicted octanol–water partition coefficient (Wildman–Crippen LogP) is 3.02. The fourth-order valence-electron chi connectivity index (χ4n) is 3.27. The third-order valence-electron chi connectivity index (χ3n) is 4.68. The summed E-state index contributed by atoms with van der Waals surface area (Å²) < 4.78 is 5.58. The molecule has 1 aliphatic carbocycles. The number of hydrazine groups is 1. The average Bonchev–Trinajstić information content (AvgIpc) is 2.65. The highest BCUT2D eigenvalue weighted by Gasteiger charge is 2.14. The Bertz CT molecular complexity index is 810. The Morgan fingerprint density at radius 3 is 2.38 bits per heavy atom. The first-order valence-electron chi connectivity index (χ1n) is 8.94. The summed E-state index contributed by atoms with van der Waals surface area (Å²) in [6, 6.07) is 11.5. The lowest BCUT2D eigenvalue weighted by Crippen LogP contribution is -2.43. The molecule has 0 bridgehead atoms. The van der Waals surface area contributed by atoms with Gasteiger partial charge in [-0.25, -0.2) is 0 Å². The third-order valence-corrected chi connectivity index (χ3v) is 4.68. The lowest BCUT2D eigenvalue weighted by Gasteiger charge is -2.16. The van der Waals surface area contributed by atoms with Crippen molar-refractivity contribution in [3.63, 3.8) is 0 Å². The summed E-state index contributed by atoms with van der Waals surface area (Å²) in [5.74, 6) is -0.0265. The van der Waals surface area contributed by atoms with E-state index in [9.17, 15) is 9.59 Å². The zero-order valence-corrected chi connectivity index (χ0v) is 15.2. The van der Waals surface area contributed by atoms with Crippen LogP contribution in [-0.4, -0.2) is 18.4 Å². The summed E-state index contributed by atoms with van der Waals surface area (Å²) in [6.45, 7) is 3.70. The van der Waals surface area contributed by atoms with Crippen LogP contribution in [0.15, 0.2) is 36.4 Å². The molecule has 0 heterocycles. The van der Waals surface area contributed by atoms with Crippen molar-refractivity contribution in [3.8, 4) is 5.75 Å². The standard InChI is InChI=1S/C21H24N2O3/c1-14-6-5-7-15(2)20(14)26-13-19(24)22-23-21(25)18-11-10-16-8-3-4-9-17(16)12-18/h5-7,10-12H,3-4,8-9,13H2,1-2H3,(H,22,24)(H,23,25). The maximum absolute atomic E-state index is 12.3. The molecule has 3 rings (SSSR count). The smallest absolute Gasteiger partial charge is 0.276 e. The molecule has 0 unspecified atom stereocenters. The van der Waals surface area contributed by atoms with Crippen LogP contribution in [0.3, 0.4) is 0 Å². The summed E-state index contributed by atoms with van der Waals surface area (Å²) in [5.41, 5.74) is 9.90. The van der Waals surface area contributed by atoms with E-state index in [4.69, 9.17) is 4.74 Å². The maximum Gasteiger partial charge on any atom is 0.276 e. The number of fused-ring (bicyclic) bond motifs is 1. The van der Waals surface area contributed by atoms with E-state index in [-0.39, 0.29) is 12.5 Å². The number of amides is 2. The highest BCUT2D eigenvalue weighted by molar-refractivity contribution is 5.95. The number of rotatable bonds is 4. The van der Waals surface area contributed by atoms with Crippen molar-refractivity contribution in [1.29, 1.82) is 0 Å². The Kier molecular flexibility index (Phi) is 5.56. The predicted molar refractivity (Wildman–Crippen MR) is 100 cm³/mol. The summed E-state index contributed by atoms with van der Waals surface area (Å²) in [7, 11) is 0. The topological polar surface area (TPSA) is 67.4 Å². The van der Waals surface area contributed by atoms with Crippen molar-refractivity contribution in [2.24, 2.45) is 0 Å². The van der Waals surface area contributed by atoms with Crippen LogP contribution in [0, 0.1) is 13.8 Å². The Hall–Kier alpha value is -2.82. The van der Waals surface area contributed by atoms with Gasteiger partial charge in [0.15, 0.2) is 6.61 Å². The number of benzene rings is 2. The molecule has 0 aliphatic heterocycles. The number of nitrogens with one attached hydrogen (secondary N) is 2. The molecule has 0 saturated heterocycles. The van der Waals surface area contributed by atoms with Crippen LogP contribution in [0.25, 0.3) is 0 Å². The van der Waals surface area contributed by atoms with Crippen molar-refractivity contribution in [2.75, 3.05) is 6.61 Å². The van der Waals surface area contributed by atoms with E-state index in [0.29, 0.717) is 11.3 Å². The SMILES string of the molecule is Cc1cccc(C)c1OCC(=O)NNC(=O)c1ccc2c(c1)CCCC2. The number of para-hydroxylation sites is 1. The van der Waals surface area contributed by atoms with Crippen molar-refractivity contribution in [1.82, 2.24) is 10.9 Å². The minimum Gasteiger partial charge on any atom is -0.483 e. The molecule has 0 spiro atoms. The highest BCUT2D eigenvalue weighted by Crippen LogP contribution is 2.23. The molecular formula is C21H24N2O3. The molecule has 0 radical (unpaired) electrons. The molecule has 0 atom stereocenters. The van der Waals surface area contributed by atoms with Crippen LogP contribution < -0.4 is 15.6 Å². The van der Waals surface area contributed by atoms with E-state index in [1.54, 1.807) is 6.07 Å².